The van der Waals surface area contributed by atoms with E-state index in [0.717, 1.165) is 15.9 Å². The van der Waals surface area contributed by atoms with Gasteiger partial charge in [-0.25, -0.2) is 9.67 Å². The van der Waals surface area contributed by atoms with Crippen LogP contribution in [0, 0.1) is 0 Å². The number of aliphatic hydroxyl groups is 1. The third-order valence-electron chi connectivity index (χ3n) is 2.69. The molecule has 19 heavy (non-hydrogen) atoms. The van der Waals surface area contributed by atoms with Gasteiger partial charge in [0.15, 0.2) is 5.82 Å². The maximum absolute atomic E-state index is 9.20. The molecule has 0 amide bonds. The maximum Gasteiger partial charge on any atom is 0.165 e. The molecule has 6 heteroatoms. The molecule has 0 fully saturated rings. The number of aliphatic hydroxyl groups excluding tert-OH is 1. The van der Waals surface area contributed by atoms with Gasteiger partial charge in [-0.1, -0.05) is 15.9 Å². The van der Waals surface area contributed by atoms with E-state index in [1.54, 1.807) is 6.07 Å². The predicted octanol–water partition coefficient (Wildman–Crippen LogP) is 2.69. The van der Waals surface area contributed by atoms with Crippen molar-refractivity contribution in [3.05, 3.63) is 40.4 Å². The van der Waals surface area contributed by atoms with Crippen LogP contribution in [0.5, 0.6) is 5.75 Å². The molecule has 2 aromatic rings. The van der Waals surface area contributed by atoms with Gasteiger partial charge in [0.25, 0.3) is 0 Å². The summed E-state index contributed by atoms with van der Waals surface area (Å²) in [5, 5.41) is 13.4. The molecule has 1 heterocycles. The summed E-state index contributed by atoms with van der Waals surface area (Å²) >= 11 is 3.37. The van der Waals surface area contributed by atoms with Crippen molar-refractivity contribution in [2.75, 3.05) is 0 Å². The number of rotatable bonds is 5. The molecule has 1 aromatic carbocycles. The molecular formula is C13H16BrN3O2. The highest BCUT2D eigenvalue weighted by molar-refractivity contribution is 9.10. The zero-order valence-electron chi connectivity index (χ0n) is 10.9. The Labute approximate surface area is 120 Å². The summed E-state index contributed by atoms with van der Waals surface area (Å²) in [5.41, 5.74) is 0.794. The number of hydrogen-bond donors (Lipinski definition) is 1. The van der Waals surface area contributed by atoms with Crippen molar-refractivity contribution in [2.24, 2.45) is 0 Å². The average Bonchev–Trinajstić information content (AvgIpc) is 2.86. The lowest BCUT2D eigenvalue weighted by atomic mass is 10.2. The Hall–Kier alpha value is -1.40. The first kappa shape index (κ1) is 14.0. The van der Waals surface area contributed by atoms with E-state index < -0.39 is 0 Å². The molecule has 0 radical (unpaired) electrons. The van der Waals surface area contributed by atoms with E-state index in [0.29, 0.717) is 12.4 Å². The lowest BCUT2D eigenvalue weighted by Gasteiger charge is -2.11. The predicted molar refractivity (Wildman–Crippen MR) is 74.8 cm³/mol. The Bertz CT molecular complexity index is 555. The first-order valence-corrected chi connectivity index (χ1v) is 6.81. The van der Waals surface area contributed by atoms with Gasteiger partial charge >= 0.3 is 0 Å². The fourth-order valence-electron chi connectivity index (χ4n) is 1.72. The van der Waals surface area contributed by atoms with Gasteiger partial charge in [0.05, 0.1) is 6.61 Å². The number of hydrogen-bond acceptors (Lipinski definition) is 4. The van der Waals surface area contributed by atoms with Crippen molar-refractivity contribution in [2.45, 2.75) is 33.1 Å². The summed E-state index contributed by atoms with van der Waals surface area (Å²) in [7, 11) is 0. The Balaban J connectivity index is 2.08. The minimum Gasteiger partial charge on any atom is -0.486 e. The highest BCUT2D eigenvalue weighted by Gasteiger charge is 2.08. The molecule has 0 aliphatic rings. The third kappa shape index (κ3) is 3.33. The van der Waals surface area contributed by atoms with Gasteiger partial charge in [-0.15, -0.1) is 0 Å². The van der Waals surface area contributed by atoms with Crippen LogP contribution in [0.4, 0.5) is 0 Å². The summed E-state index contributed by atoms with van der Waals surface area (Å²) in [6.07, 6.45) is 1.53. The molecular weight excluding hydrogens is 310 g/mol. The molecule has 1 aromatic heterocycles. The molecule has 0 aliphatic carbocycles. The van der Waals surface area contributed by atoms with Crippen molar-refractivity contribution in [3.63, 3.8) is 0 Å². The van der Waals surface area contributed by atoms with E-state index >= 15 is 0 Å². The molecule has 0 saturated carbocycles. The van der Waals surface area contributed by atoms with E-state index in [2.05, 4.69) is 26.0 Å². The molecule has 0 spiro atoms. The minimum absolute atomic E-state index is 0.0278. The summed E-state index contributed by atoms with van der Waals surface area (Å²) in [6, 6.07) is 5.76. The molecule has 0 bridgehead atoms. The first-order valence-electron chi connectivity index (χ1n) is 6.02. The van der Waals surface area contributed by atoms with Crippen molar-refractivity contribution < 1.29 is 9.84 Å². The first-order chi connectivity index (χ1) is 9.11. The Morgan fingerprint density at radius 2 is 2.21 bits per heavy atom. The minimum atomic E-state index is -0.0278. The lowest BCUT2D eigenvalue weighted by molar-refractivity contribution is 0.271. The van der Waals surface area contributed by atoms with Crippen molar-refractivity contribution in [3.8, 4) is 5.75 Å². The van der Waals surface area contributed by atoms with Crippen LogP contribution in [-0.4, -0.2) is 19.9 Å². The Morgan fingerprint density at radius 3 is 2.89 bits per heavy atom. The Morgan fingerprint density at radius 1 is 1.42 bits per heavy atom. The van der Waals surface area contributed by atoms with Crippen molar-refractivity contribution >= 4 is 15.9 Å². The molecule has 2 rings (SSSR count). The van der Waals surface area contributed by atoms with Crippen LogP contribution < -0.4 is 4.74 Å². The number of halogens is 1. The average molecular weight is 326 g/mol. The summed E-state index contributed by atoms with van der Waals surface area (Å²) in [4.78, 5) is 4.18. The van der Waals surface area contributed by atoms with Crippen molar-refractivity contribution in [1.29, 1.82) is 0 Å². The largest absolute Gasteiger partial charge is 0.486 e. The van der Waals surface area contributed by atoms with Gasteiger partial charge in [-0.2, -0.15) is 5.10 Å². The summed E-state index contributed by atoms with van der Waals surface area (Å²) in [6.45, 7) is 4.41. The van der Waals surface area contributed by atoms with Crippen LogP contribution in [0.2, 0.25) is 0 Å². The van der Waals surface area contributed by atoms with Crippen LogP contribution in [0.3, 0.4) is 0 Å². The second kappa shape index (κ2) is 6.16. The van der Waals surface area contributed by atoms with E-state index in [-0.39, 0.29) is 12.6 Å². The molecule has 0 saturated heterocycles. The smallest absolute Gasteiger partial charge is 0.165 e. The number of aromatic nitrogens is 3. The maximum atomic E-state index is 9.20. The van der Waals surface area contributed by atoms with Crippen LogP contribution >= 0.6 is 15.9 Å². The topological polar surface area (TPSA) is 60.2 Å². The summed E-state index contributed by atoms with van der Waals surface area (Å²) < 4.78 is 8.38. The van der Waals surface area contributed by atoms with E-state index in [4.69, 9.17) is 4.74 Å². The zero-order chi connectivity index (χ0) is 13.8. The Kier molecular flexibility index (Phi) is 4.55. The van der Waals surface area contributed by atoms with E-state index in [1.807, 2.05) is 30.7 Å². The number of nitrogens with zero attached hydrogens (tertiary/aromatic N) is 3. The van der Waals surface area contributed by atoms with Crippen LogP contribution in [-0.2, 0) is 13.2 Å². The zero-order valence-corrected chi connectivity index (χ0v) is 12.5. The standard InChI is InChI=1S/C13H16BrN3O2/c1-9(2)17-13(15-8-16-17)7-19-11-3-4-12(14)10(5-11)6-18/h3-5,8-9,18H,6-7H2,1-2H3. The van der Waals surface area contributed by atoms with Gasteiger partial charge in [0.2, 0.25) is 0 Å². The highest BCUT2D eigenvalue weighted by atomic mass is 79.9. The molecule has 0 atom stereocenters. The number of ether oxygens (including phenoxy) is 1. The van der Waals surface area contributed by atoms with Crippen molar-refractivity contribution in [1.82, 2.24) is 14.8 Å². The van der Waals surface area contributed by atoms with Crippen LogP contribution in [0.1, 0.15) is 31.3 Å². The second-order valence-electron chi connectivity index (χ2n) is 4.41. The van der Waals surface area contributed by atoms with Gasteiger partial charge in [0, 0.05) is 10.5 Å². The van der Waals surface area contributed by atoms with Gasteiger partial charge in [-0.05, 0) is 37.6 Å². The van der Waals surface area contributed by atoms with Crippen LogP contribution in [0.25, 0.3) is 0 Å². The fraction of sp³-hybridized carbons (Fsp3) is 0.385. The van der Waals surface area contributed by atoms with Gasteiger partial charge < -0.3 is 9.84 Å². The van der Waals surface area contributed by atoms with Gasteiger partial charge in [0.1, 0.15) is 18.7 Å². The third-order valence-corrected chi connectivity index (χ3v) is 3.47. The SMILES string of the molecule is CC(C)n1ncnc1COc1ccc(Br)c(CO)c1. The molecule has 0 aliphatic heterocycles. The molecule has 1 N–H and O–H groups in total. The van der Waals surface area contributed by atoms with Crippen LogP contribution in [0.15, 0.2) is 29.0 Å². The molecule has 0 unspecified atom stereocenters. The second-order valence-corrected chi connectivity index (χ2v) is 5.27. The quantitative estimate of drug-likeness (QED) is 0.918. The monoisotopic (exact) mass is 325 g/mol. The molecule has 102 valence electrons. The fourth-order valence-corrected chi connectivity index (χ4v) is 2.09. The van der Waals surface area contributed by atoms with Gasteiger partial charge in [-0.3, -0.25) is 0 Å². The number of benzene rings is 1. The normalized spacial score (nSPS) is 11.0. The summed E-state index contributed by atoms with van der Waals surface area (Å²) in [5.74, 6) is 1.48. The lowest BCUT2D eigenvalue weighted by Crippen LogP contribution is -2.10. The van der Waals surface area contributed by atoms with E-state index in [9.17, 15) is 5.11 Å². The molecule has 5 nitrogen and oxygen atoms in total. The highest BCUT2D eigenvalue weighted by Crippen LogP contribution is 2.23. The van der Waals surface area contributed by atoms with E-state index in [1.165, 1.54) is 6.33 Å².